The van der Waals surface area contributed by atoms with Crippen molar-refractivity contribution in [3.63, 3.8) is 0 Å². The van der Waals surface area contributed by atoms with Crippen LogP contribution in [0.1, 0.15) is 37.7 Å². The first-order valence-electron chi connectivity index (χ1n) is 9.11. The van der Waals surface area contributed by atoms with E-state index >= 15 is 0 Å². The molecule has 0 radical (unpaired) electrons. The van der Waals surface area contributed by atoms with Crippen molar-refractivity contribution in [3.8, 4) is 0 Å². The maximum Gasteiger partial charge on any atom is 0.262 e. The number of aryl methyl sites for hydroxylation is 1. The Kier molecular flexibility index (Phi) is 9.99. The SMILES string of the molecule is Cc1ccc(NC(=O)CCCCCCN)cc1S(=O)(=O)Nc1ccccc1.Cl. The lowest BCUT2D eigenvalue weighted by Gasteiger charge is -2.13. The summed E-state index contributed by atoms with van der Waals surface area (Å²) in [5.74, 6) is -0.119. The molecule has 0 saturated carbocycles. The quantitative estimate of drug-likeness (QED) is 0.499. The number of amides is 1. The summed E-state index contributed by atoms with van der Waals surface area (Å²) in [7, 11) is -3.74. The Morgan fingerprint density at radius 1 is 0.964 bits per heavy atom. The second kappa shape index (κ2) is 11.7. The fourth-order valence-electron chi connectivity index (χ4n) is 2.69. The van der Waals surface area contributed by atoms with Gasteiger partial charge in [0.15, 0.2) is 0 Å². The zero-order valence-electron chi connectivity index (χ0n) is 16.0. The Balaban J connectivity index is 0.00000392. The summed E-state index contributed by atoms with van der Waals surface area (Å²) in [6.45, 7) is 2.40. The summed E-state index contributed by atoms with van der Waals surface area (Å²) in [4.78, 5) is 12.2. The molecule has 6 nitrogen and oxygen atoms in total. The third-order valence-electron chi connectivity index (χ3n) is 4.15. The summed E-state index contributed by atoms with van der Waals surface area (Å²) in [6.07, 6.45) is 4.14. The van der Waals surface area contributed by atoms with Crippen LogP contribution < -0.4 is 15.8 Å². The Morgan fingerprint density at radius 2 is 1.64 bits per heavy atom. The molecule has 0 atom stereocenters. The van der Waals surface area contributed by atoms with Crippen LogP contribution in [0.15, 0.2) is 53.4 Å². The van der Waals surface area contributed by atoms with E-state index < -0.39 is 10.0 Å². The van der Waals surface area contributed by atoms with E-state index in [0.29, 0.717) is 29.9 Å². The maximum absolute atomic E-state index is 12.7. The lowest BCUT2D eigenvalue weighted by atomic mass is 10.1. The lowest BCUT2D eigenvalue weighted by Crippen LogP contribution is -2.16. The molecule has 2 aromatic carbocycles. The van der Waals surface area contributed by atoms with E-state index in [2.05, 4.69) is 10.0 Å². The highest BCUT2D eigenvalue weighted by atomic mass is 35.5. The standard InChI is InChI=1S/C20H27N3O3S.ClH/c1-16-12-13-18(22-20(24)11-7-2-3-8-14-21)15-19(16)27(25,26)23-17-9-5-4-6-10-17;/h4-6,9-10,12-13,15,23H,2-3,7-8,11,14,21H2,1H3,(H,22,24);1H. The summed E-state index contributed by atoms with van der Waals surface area (Å²) in [5, 5.41) is 2.78. The van der Waals surface area contributed by atoms with Gasteiger partial charge in [-0.1, -0.05) is 37.1 Å². The second-order valence-electron chi connectivity index (χ2n) is 6.45. The minimum Gasteiger partial charge on any atom is -0.330 e. The Hall–Kier alpha value is -2.09. The average molecular weight is 426 g/mol. The number of nitrogens with two attached hydrogens (primary N) is 1. The van der Waals surface area contributed by atoms with Gasteiger partial charge in [-0.15, -0.1) is 12.4 Å². The summed E-state index contributed by atoms with van der Waals surface area (Å²) in [5.41, 5.74) is 7.02. The number of halogens is 1. The number of anilines is 2. The molecule has 4 N–H and O–H groups in total. The zero-order chi connectivity index (χ0) is 19.7. The topological polar surface area (TPSA) is 101 Å². The van der Waals surface area contributed by atoms with Crippen LogP contribution in [0, 0.1) is 6.92 Å². The Morgan fingerprint density at radius 3 is 2.32 bits per heavy atom. The first-order chi connectivity index (χ1) is 12.9. The number of para-hydroxylation sites is 1. The van der Waals surface area contributed by atoms with Gasteiger partial charge in [0.05, 0.1) is 4.90 Å². The van der Waals surface area contributed by atoms with Crippen molar-refractivity contribution in [2.45, 2.75) is 43.9 Å². The van der Waals surface area contributed by atoms with Gasteiger partial charge in [-0.25, -0.2) is 8.42 Å². The van der Waals surface area contributed by atoms with Crippen LogP contribution in [-0.4, -0.2) is 20.9 Å². The van der Waals surface area contributed by atoms with Gasteiger partial charge in [0.25, 0.3) is 10.0 Å². The number of benzene rings is 2. The molecule has 154 valence electrons. The van der Waals surface area contributed by atoms with Crippen molar-refractivity contribution >= 4 is 39.7 Å². The van der Waals surface area contributed by atoms with Gasteiger partial charge in [-0.2, -0.15) is 0 Å². The molecule has 0 heterocycles. The number of carbonyl (C=O) groups is 1. The molecule has 2 rings (SSSR count). The van der Waals surface area contributed by atoms with Crippen LogP contribution in [0.25, 0.3) is 0 Å². The van der Waals surface area contributed by atoms with Gasteiger partial charge in [0, 0.05) is 17.8 Å². The van der Waals surface area contributed by atoms with Crippen molar-refractivity contribution in [2.24, 2.45) is 5.73 Å². The molecule has 8 heteroatoms. The highest BCUT2D eigenvalue weighted by Crippen LogP contribution is 2.23. The molecule has 0 aliphatic carbocycles. The minimum atomic E-state index is -3.74. The van der Waals surface area contributed by atoms with E-state index in [1.54, 1.807) is 43.3 Å². The predicted molar refractivity (Wildman–Crippen MR) is 116 cm³/mol. The molecule has 0 aliphatic rings. The molecule has 0 unspecified atom stereocenters. The number of hydrogen-bond acceptors (Lipinski definition) is 4. The maximum atomic E-state index is 12.7. The van der Waals surface area contributed by atoms with E-state index in [0.717, 1.165) is 25.7 Å². The first kappa shape index (κ1) is 23.9. The van der Waals surface area contributed by atoms with Crippen molar-refractivity contribution in [1.82, 2.24) is 0 Å². The van der Waals surface area contributed by atoms with Gasteiger partial charge in [0.2, 0.25) is 5.91 Å². The second-order valence-corrected chi connectivity index (χ2v) is 8.10. The third kappa shape index (κ3) is 7.50. The van der Waals surface area contributed by atoms with Gasteiger partial charge < -0.3 is 11.1 Å². The molecule has 0 aliphatic heterocycles. The molecule has 28 heavy (non-hydrogen) atoms. The van der Waals surface area contributed by atoms with Crippen LogP contribution >= 0.6 is 12.4 Å². The number of nitrogens with one attached hydrogen (secondary N) is 2. The van der Waals surface area contributed by atoms with Gasteiger partial charge >= 0.3 is 0 Å². The fraction of sp³-hybridized carbons (Fsp3) is 0.350. The van der Waals surface area contributed by atoms with Crippen LogP contribution in [-0.2, 0) is 14.8 Å². The third-order valence-corrected chi connectivity index (χ3v) is 5.67. The Labute approximate surface area is 173 Å². The number of hydrogen-bond donors (Lipinski definition) is 3. The van der Waals surface area contributed by atoms with Gasteiger partial charge in [0.1, 0.15) is 0 Å². The van der Waals surface area contributed by atoms with E-state index in [4.69, 9.17) is 5.73 Å². The fourth-order valence-corrected chi connectivity index (χ4v) is 4.02. The summed E-state index contributed by atoms with van der Waals surface area (Å²) >= 11 is 0. The largest absolute Gasteiger partial charge is 0.330 e. The van der Waals surface area contributed by atoms with Crippen LogP contribution in [0.4, 0.5) is 11.4 Å². The highest BCUT2D eigenvalue weighted by molar-refractivity contribution is 7.92. The molecule has 0 aromatic heterocycles. The minimum absolute atomic E-state index is 0. The molecule has 0 fully saturated rings. The monoisotopic (exact) mass is 425 g/mol. The van der Waals surface area contributed by atoms with Crippen molar-refractivity contribution in [1.29, 1.82) is 0 Å². The molecular weight excluding hydrogens is 398 g/mol. The molecule has 0 bridgehead atoms. The number of rotatable bonds is 10. The summed E-state index contributed by atoms with van der Waals surface area (Å²) in [6, 6.07) is 13.6. The van der Waals surface area contributed by atoms with Crippen molar-refractivity contribution in [3.05, 3.63) is 54.1 Å². The molecule has 1 amide bonds. The van der Waals surface area contributed by atoms with E-state index in [1.807, 2.05) is 6.07 Å². The van der Waals surface area contributed by atoms with E-state index in [1.165, 1.54) is 6.07 Å². The zero-order valence-corrected chi connectivity index (χ0v) is 17.6. The van der Waals surface area contributed by atoms with Crippen molar-refractivity contribution < 1.29 is 13.2 Å². The first-order valence-corrected chi connectivity index (χ1v) is 10.6. The van der Waals surface area contributed by atoms with Crippen molar-refractivity contribution in [2.75, 3.05) is 16.6 Å². The number of unbranched alkanes of at least 4 members (excludes halogenated alkanes) is 3. The Bertz CT molecular complexity index is 858. The molecule has 2 aromatic rings. The molecule has 0 spiro atoms. The normalized spacial score (nSPS) is 10.8. The van der Waals surface area contributed by atoms with Gasteiger partial charge in [-0.05, 0) is 56.1 Å². The lowest BCUT2D eigenvalue weighted by molar-refractivity contribution is -0.116. The van der Waals surface area contributed by atoms with Crippen LogP contribution in [0.5, 0.6) is 0 Å². The average Bonchev–Trinajstić information content (AvgIpc) is 2.63. The number of sulfonamides is 1. The van der Waals surface area contributed by atoms with E-state index in [-0.39, 0.29) is 23.2 Å². The smallest absolute Gasteiger partial charge is 0.262 e. The number of carbonyl (C=O) groups excluding carboxylic acids is 1. The summed E-state index contributed by atoms with van der Waals surface area (Å²) < 4.78 is 28.0. The predicted octanol–water partition coefficient (Wildman–Crippen LogP) is 4.07. The van der Waals surface area contributed by atoms with Crippen LogP contribution in [0.2, 0.25) is 0 Å². The highest BCUT2D eigenvalue weighted by Gasteiger charge is 2.18. The molecular formula is C20H28ClN3O3S. The van der Waals surface area contributed by atoms with E-state index in [9.17, 15) is 13.2 Å². The van der Waals surface area contributed by atoms with Crippen LogP contribution in [0.3, 0.4) is 0 Å². The van der Waals surface area contributed by atoms with Gasteiger partial charge in [-0.3, -0.25) is 9.52 Å². The molecule has 0 saturated heterocycles.